The summed E-state index contributed by atoms with van der Waals surface area (Å²) in [4.78, 5) is 15.5. The van der Waals surface area contributed by atoms with Crippen molar-refractivity contribution in [2.24, 2.45) is 0 Å². The average molecular weight is 304 g/mol. The molecule has 0 N–H and O–H groups in total. The predicted molar refractivity (Wildman–Crippen MR) is 82.2 cm³/mol. The van der Waals surface area contributed by atoms with Crippen LogP contribution in [0.5, 0.6) is 0 Å². The molecule has 1 aliphatic heterocycles. The molecule has 5 nitrogen and oxygen atoms in total. The first-order valence-electron chi connectivity index (χ1n) is 7.29. The lowest BCUT2D eigenvalue weighted by molar-refractivity contribution is -0.0148. The van der Waals surface area contributed by atoms with Gasteiger partial charge in [-0.3, -0.25) is 14.9 Å². The minimum atomic E-state index is 0.433. The number of aromatic nitrogens is 3. The highest BCUT2D eigenvalue weighted by Gasteiger charge is 2.23. The van der Waals surface area contributed by atoms with E-state index in [9.17, 15) is 0 Å². The normalized spacial score (nSPS) is 19.8. The van der Waals surface area contributed by atoms with Crippen LogP contribution < -0.4 is 0 Å². The highest BCUT2D eigenvalue weighted by atomic mass is 32.1. The van der Waals surface area contributed by atoms with Crippen molar-refractivity contribution in [1.82, 2.24) is 19.9 Å². The van der Waals surface area contributed by atoms with Gasteiger partial charge in [-0.2, -0.15) is 0 Å². The summed E-state index contributed by atoms with van der Waals surface area (Å²) in [6.07, 6.45) is 7.29. The Hall–Kier alpha value is -1.37. The van der Waals surface area contributed by atoms with Crippen molar-refractivity contribution >= 4 is 11.3 Å². The number of thiazole rings is 1. The highest BCUT2D eigenvalue weighted by Crippen LogP contribution is 2.17. The Bertz CT molecular complexity index is 560. The van der Waals surface area contributed by atoms with Gasteiger partial charge >= 0.3 is 0 Å². The molecule has 2 aromatic rings. The molecule has 6 heteroatoms. The van der Waals surface area contributed by atoms with Crippen LogP contribution in [0.15, 0.2) is 24.0 Å². The Morgan fingerprint density at radius 2 is 2.33 bits per heavy atom. The van der Waals surface area contributed by atoms with Crippen molar-refractivity contribution in [1.29, 1.82) is 0 Å². The van der Waals surface area contributed by atoms with E-state index in [-0.39, 0.29) is 0 Å². The second-order valence-corrected chi connectivity index (χ2v) is 6.35. The maximum Gasteiger partial charge on any atom is 0.0897 e. The summed E-state index contributed by atoms with van der Waals surface area (Å²) in [5.41, 5.74) is 2.22. The monoisotopic (exact) mass is 304 g/mol. The lowest BCUT2D eigenvalue weighted by atomic mass is 10.1. The molecule has 0 amide bonds. The SMILES string of the molecule is Cc1nc(CN2CCOCC2CCc2cnccn2)cs1. The van der Waals surface area contributed by atoms with Crippen LogP contribution in [-0.2, 0) is 17.7 Å². The molecule has 0 saturated carbocycles. The molecule has 1 saturated heterocycles. The van der Waals surface area contributed by atoms with E-state index in [1.165, 1.54) is 5.69 Å². The number of aryl methyl sites for hydroxylation is 2. The molecule has 3 heterocycles. The van der Waals surface area contributed by atoms with Gasteiger partial charge in [0.15, 0.2) is 0 Å². The lowest BCUT2D eigenvalue weighted by Gasteiger charge is -2.35. The minimum absolute atomic E-state index is 0.433. The van der Waals surface area contributed by atoms with Gasteiger partial charge in [-0.25, -0.2) is 4.98 Å². The third-order valence-corrected chi connectivity index (χ3v) is 4.55. The lowest BCUT2D eigenvalue weighted by Crippen LogP contribution is -2.45. The molecule has 1 unspecified atom stereocenters. The smallest absolute Gasteiger partial charge is 0.0897 e. The zero-order chi connectivity index (χ0) is 14.5. The van der Waals surface area contributed by atoms with E-state index < -0.39 is 0 Å². The summed E-state index contributed by atoms with van der Waals surface area (Å²) < 4.78 is 5.65. The maximum absolute atomic E-state index is 5.65. The summed E-state index contributed by atoms with van der Waals surface area (Å²) in [5.74, 6) is 0. The summed E-state index contributed by atoms with van der Waals surface area (Å²) in [6.45, 7) is 5.55. The molecule has 112 valence electrons. The molecule has 2 aromatic heterocycles. The second kappa shape index (κ2) is 7.06. The van der Waals surface area contributed by atoms with Gasteiger partial charge in [0, 0.05) is 43.1 Å². The van der Waals surface area contributed by atoms with Crippen molar-refractivity contribution in [3.8, 4) is 0 Å². The van der Waals surface area contributed by atoms with Gasteiger partial charge < -0.3 is 4.74 Å². The fourth-order valence-electron chi connectivity index (χ4n) is 2.63. The van der Waals surface area contributed by atoms with Crippen LogP contribution in [0.1, 0.15) is 22.8 Å². The molecule has 1 aliphatic rings. The molecular formula is C15H20N4OS. The van der Waals surface area contributed by atoms with Crippen LogP contribution >= 0.6 is 11.3 Å². The first-order chi connectivity index (χ1) is 10.3. The Labute approximate surface area is 129 Å². The predicted octanol–water partition coefficient (Wildman–Crippen LogP) is 2.08. The van der Waals surface area contributed by atoms with E-state index in [2.05, 4.69) is 32.2 Å². The van der Waals surface area contributed by atoms with Crippen LogP contribution in [0.3, 0.4) is 0 Å². The fraction of sp³-hybridized carbons (Fsp3) is 0.533. The summed E-state index contributed by atoms with van der Waals surface area (Å²) in [5, 5.41) is 3.29. The van der Waals surface area contributed by atoms with Crippen LogP contribution in [0.2, 0.25) is 0 Å². The average Bonchev–Trinajstić information content (AvgIpc) is 2.93. The standard InChI is InChI=1S/C15H20N4OS/c1-12-18-14(11-21-12)9-19-6-7-20-10-15(19)3-2-13-8-16-4-5-17-13/h4-5,8,11,15H,2-3,6-7,9-10H2,1H3. The van der Waals surface area contributed by atoms with Crippen molar-refractivity contribution in [2.75, 3.05) is 19.8 Å². The van der Waals surface area contributed by atoms with Gasteiger partial charge in [0.1, 0.15) is 0 Å². The zero-order valence-electron chi connectivity index (χ0n) is 12.2. The van der Waals surface area contributed by atoms with E-state index in [1.807, 2.05) is 6.20 Å². The largest absolute Gasteiger partial charge is 0.378 e. The minimum Gasteiger partial charge on any atom is -0.378 e. The van der Waals surface area contributed by atoms with E-state index in [0.29, 0.717) is 6.04 Å². The molecule has 0 bridgehead atoms. The molecule has 0 aromatic carbocycles. The van der Waals surface area contributed by atoms with Gasteiger partial charge in [-0.15, -0.1) is 11.3 Å². The fourth-order valence-corrected chi connectivity index (χ4v) is 3.23. The quantitative estimate of drug-likeness (QED) is 0.846. The third kappa shape index (κ3) is 4.06. The Kier molecular flexibility index (Phi) is 4.90. The van der Waals surface area contributed by atoms with E-state index in [1.54, 1.807) is 23.7 Å². The second-order valence-electron chi connectivity index (χ2n) is 5.29. The van der Waals surface area contributed by atoms with Gasteiger partial charge in [-0.1, -0.05) is 0 Å². The topological polar surface area (TPSA) is 51.1 Å². The van der Waals surface area contributed by atoms with Gasteiger partial charge in [0.2, 0.25) is 0 Å². The van der Waals surface area contributed by atoms with Crippen molar-refractivity contribution in [2.45, 2.75) is 32.4 Å². The molecule has 21 heavy (non-hydrogen) atoms. The van der Waals surface area contributed by atoms with E-state index in [4.69, 9.17) is 4.74 Å². The van der Waals surface area contributed by atoms with Gasteiger partial charge in [0.25, 0.3) is 0 Å². The Morgan fingerprint density at radius 3 is 3.10 bits per heavy atom. The number of morpholine rings is 1. The molecule has 0 spiro atoms. The van der Waals surface area contributed by atoms with Crippen molar-refractivity contribution in [3.05, 3.63) is 40.4 Å². The Morgan fingerprint density at radius 1 is 1.38 bits per heavy atom. The van der Waals surface area contributed by atoms with Crippen molar-refractivity contribution < 1.29 is 4.74 Å². The van der Waals surface area contributed by atoms with Crippen LogP contribution in [0.4, 0.5) is 0 Å². The van der Waals surface area contributed by atoms with Crippen molar-refractivity contribution in [3.63, 3.8) is 0 Å². The first-order valence-corrected chi connectivity index (χ1v) is 8.17. The molecule has 0 aliphatic carbocycles. The van der Waals surface area contributed by atoms with Crippen LogP contribution in [0, 0.1) is 6.92 Å². The highest BCUT2D eigenvalue weighted by molar-refractivity contribution is 7.09. The first kappa shape index (κ1) is 14.6. The van der Waals surface area contributed by atoms with Gasteiger partial charge in [0.05, 0.1) is 29.6 Å². The molecule has 3 rings (SSSR count). The summed E-state index contributed by atoms with van der Waals surface area (Å²) >= 11 is 1.72. The summed E-state index contributed by atoms with van der Waals surface area (Å²) in [6, 6.07) is 0.433. The third-order valence-electron chi connectivity index (χ3n) is 3.73. The van der Waals surface area contributed by atoms with Crippen LogP contribution in [-0.4, -0.2) is 45.7 Å². The molecule has 0 radical (unpaired) electrons. The Balaban J connectivity index is 1.59. The zero-order valence-corrected chi connectivity index (χ0v) is 13.1. The van der Waals surface area contributed by atoms with E-state index in [0.717, 1.165) is 49.8 Å². The maximum atomic E-state index is 5.65. The number of nitrogens with zero attached hydrogens (tertiary/aromatic N) is 4. The molecular weight excluding hydrogens is 284 g/mol. The number of hydrogen-bond acceptors (Lipinski definition) is 6. The molecule has 1 fully saturated rings. The van der Waals surface area contributed by atoms with Crippen LogP contribution in [0.25, 0.3) is 0 Å². The number of rotatable bonds is 5. The number of ether oxygens (including phenoxy) is 1. The summed E-state index contributed by atoms with van der Waals surface area (Å²) in [7, 11) is 0. The van der Waals surface area contributed by atoms with E-state index >= 15 is 0 Å². The molecule has 1 atom stereocenters. The van der Waals surface area contributed by atoms with Gasteiger partial charge in [-0.05, 0) is 19.8 Å². The number of hydrogen-bond donors (Lipinski definition) is 0.